The molecule has 158 valence electrons. The van der Waals surface area contributed by atoms with Gasteiger partial charge in [0.15, 0.2) is 18.1 Å². The van der Waals surface area contributed by atoms with Gasteiger partial charge in [0.25, 0.3) is 11.8 Å². The monoisotopic (exact) mass is 421 g/mol. The Kier molecular flexibility index (Phi) is 9.44. The SMILES string of the molecule is COc1cc(C(=O)NCC(N)c2ccc(C(C)C)cc2)ccc1OCC(N)=O.Cl. The minimum absolute atomic E-state index is 0. The molecule has 0 spiro atoms. The van der Waals surface area contributed by atoms with Gasteiger partial charge in [0, 0.05) is 18.2 Å². The van der Waals surface area contributed by atoms with Gasteiger partial charge in [-0.15, -0.1) is 12.4 Å². The zero-order valence-corrected chi connectivity index (χ0v) is 17.6. The Labute approximate surface area is 177 Å². The van der Waals surface area contributed by atoms with Gasteiger partial charge >= 0.3 is 0 Å². The third-order valence-electron chi connectivity index (χ3n) is 4.31. The summed E-state index contributed by atoms with van der Waals surface area (Å²) in [5.41, 5.74) is 13.9. The highest BCUT2D eigenvalue weighted by Gasteiger charge is 2.14. The molecule has 7 nitrogen and oxygen atoms in total. The van der Waals surface area contributed by atoms with Crippen molar-refractivity contribution >= 4 is 24.2 Å². The Morgan fingerprint density at radius 1 is 1.03 bits per heavy atom. The summed E-state index contributed by atoms with van der Waals surface area (Å²) < 4.78 is 10.5. The van der Waals surface area contributed by atoms with E-state index in [0.717, 1.165) is 5.56 Å². The fourth-order valence-electron chi connectivity index (χ4n) is 2.63. The second-order valence-electron chi connectivity index (χ2n) is 6.76. The van der Waals surface area contributed by atoms with Gasteiger partial charge in [0.1, 0.15) is 0 Å². The molecule has 0 aromatic heterocycles. The Morgan fingerprint density at radius 2 is 1.66 bits per heavy atom. The summed E-state index contributed by atoms with van der Waals surface area (Å²) in [6, 6.07) is 12.4. The minimum atomic E-state index is -0.598. The maximum Gasteiger partial charge on any atom is 0.255 e. The molecule has 1 unspecified atom stereocenters. The van der Waals surface area contributed by atoms with Crippen LogP contribution >= 0.6 is 12.4 Å². The first-order valence-corrected chi connectivity index (χ1v) is 9.04. The zero-order valence-electron chi connectivity index (χ0n) is 16.8. The van der Waals surface area contributed by atoms with Crippen molar-refractivity contribution in [3.63, 3.8) is 0 Å². The molecular weight excluding hydrogens is 394 g/mol. The van der Waals surface area contributed by atoms with E-state index in [1.54, 1.807) is 12.1 Å². The van der Waals surface area contributed by atoms with Crippen LogP contribution in [-0.4, -0.2) is 32.1 Å². The lowest BCUT2D eigenvalue weighted by atomic mass is 9.99. The van der Waals surface area contributed by atoms with Crippen LogP contribution in [0.5, 0.6) is 11.5 Å². The van der Waals surface area contributed by atoms with Gasteiger partial charge in [-0.25, -0.2) is 0 Å². The largest absolute Gasteiger partial charge is 0.493 e. The van der Waals surface area contributed by atoms with Crippen molar-refractivity contribution in [1.82, 2.24) is 5.32 Å². The number of hydrogen-bond acceptors (Lipinski definition) is 5. The predicted octanol–water partition coefficient (Wildman–Crippen LogP) is 2.53. The van der Waals surface area contributed by atoms with Crippen LogP contribution in [-0.2, 0) is 4.79 Å². The normalized spacial score (nSPS) is 11.3. The summed E-state index contributed by atoms with van der Waals surface area (Å²) in [4.78, 5) is 23.3. The van der Waals surface area contributed by atoms with Crippen LogP contribution < -0.4 is 26.3 Å². The third-order valence-corrected chi connectivity index (χ3v) is 4.31. The number of carbonyl (C=O) groups excluding carboxylic acids is 2. The van der Waals surface area contributed by atoms with Crippen LogP contribution in [0.2, 0.25) is 0 Å². The number of amides is 2. The molecule has 0 radical (unpaired) electrons. The van der Waals surface area contributed by atoms with Crippen LogP contribution in [0.3, 0.4) is 0 Å². The molecular formula is C21H28ClN3O4. The van der Waals surface area contributed by atoms with E-state index in [1.165, 1.54) is 18.7 Å². The summed E-state index contributed by atoms with van der Waals surface area (Å²) in [6.45, 7) is 4.29. The first-order valence-electron chi connectivity index (χ1n) is 9.04. The fourth-order valence-corrected chi connectivity index (χ4v) is 2.63. The molecule has 2 rings (SSSR count). The van der Waals surface area contributed by atoms with Crippen LogP contribution in [0.15, 0.2) is 42.5 Å². The van der Waals surface area contributed by atoms with Gasteiger partial charge in [-0.1, -0.05) is 38.1 Å². The molecule has 5 N–H and O–H groups in total. The lowest BCUT2D eigenvalue weighted by molar-refractivity contribution is -0.119. The number of nitrogens with two attached hydrogens (primary N) is 2. The minimum Gasteiger partial charge on any atom is -0.493 e. The van der Waals surface area contributed by atoms with Crippen LogP contribution in [0.1, 0.15) is 47.3 Å². The summed E-state index contributed by atoms with van der Waals surface area (Å²) in [5, 5.41) is 2.82. The molecule has 2 aromatic rings. The molecule has 0 fully saturated rings. The second-order valence-corrected chi connectivity index (χ2v) is 6.76. The standard InChI is InChI=1S/C21H27N3O4.ClH/c1-13(2)14-4-6-15(7-5-14)17(22)11-24-21(26)16-8-9-18(19(10-16)27-3)28-12-20(23)25;/h4-10,13,17H,11-12,22H2,1-3H3,(H2,23,25)(H,24,26);1H. The van der Waals surface area contributed by atoms with Crippen LogP contribution in [0.4, 0.5) is 0 Å². The number of methoxy groups -OCH3 is 1. The van der Waals surface area contributed by atoms with Crippen molar-refractivity contribution in [1.29, 1.82) is 0 Å². The summed E-state index contributed by atoms with van der Waals surface area (Å²) in [6.07, 6.45) is 0. The van der Waals surface area contributed by atoms with Crippen molar-refractivity contribution in [3.05, 3.63) is 59.2 Å². The molecule has 0 aliphatic carbocycles. The highest BCUT2D eigenvalue weighted by molar-refractivity contribution is 5.95. The van der Waals surface area contributed by atoms with Crippen molar-refractivity contribution < 1.29 is 19.1 Å². The zero-order chi connectivity index (χ0) is 20.7. The summed E-state index contributed by atoms with van der Waals surface area (Å²) >= 11 is 0. The molecule has 2 amide bonds. The molecule has 0 bridgehead atoms. The average molecular weight is 422 g/mol. The Balaban J connectivity index is 0.00000420. The van der Waals surface area contributed by atoms with E-state index in [-0.39, 0.29) is 31.0 Å². The smallest absolute Gasteiger partial charge is 0.255 e. The highest BCUT2D eigenvalue weighted by Crippen LogP contribution is 2.28. The maximum absolute atomic E-state index is 12.4. The van der Waals surface area contributed by atoms with E-state index >= 15 is 0 Å². The molecule has 0 saturated carbocycles. The first kappa shape index (κ1) is 24.3. The Morgan fingerprint density at radius 3 is 2.21 bits per heavy atom. The second kappa shape index (κ2) is 11.3. The Hall–Kier alpha value is -2.77. The highest BCUT2D eigenvalue weighted by atomic mass is 35.5. The van der Waals surface area contributed by atoms with E-state index in [9.17, 15) is 9.59 Å². The number of halogens is 1. The quantitative estimate of drug-likeness (QED) is 0.575. The van der Waals surface area contributed by atoms with Crippen molar-refractivity contribution in [3.8, 4) is 11.5 Å². The van der Waals surface area contributed by atoms with Gasteiger partial charge in [-0.2, -0.15) is 0 Å². The van der Waals surface area contributed by atoms with Crippen molar-refractivity contribution in [2.75, 3.05) is 20.3 Å². The van der Waals surface area contributed by atoms with E-state index in [1.807, 2.05) is 12.1 Å². The predicted molar refractivity (Wildman–Crippen MR) is 115 cm³/mol. The number of nitrogens with one attached hydrogen (secondary N) is 1. The molecule has 8 heteroatoms. The van der Waals surface area contributed by atoms with Gasteiger partial charge in [-0.05, 0) is 35.2 Å². The number of hydrogen-bond donors (Lipinski definition) is 3. The van der Waals surface area contributed by atoms with E-state index < -0.39 is 5.91 Å². The van der Waals surface area contributed by atoms with Gasteiger partial charge in [0.05, 0.1) is 7.11 Å². The van der Waals surface area contributed by atoms with E-state index in [4.69, 9.17) is 20.9 Å². The Bertz CT molecular complexity index is 825. The molecule has 2 aromatic carbocycles. The number of benzene rings is 2. The third kappa shape index (κ3) is 6.96. The molecule has 0 aliphatic heterocycles. The fraction of sp³-hybridized carbons (Fsp3) is 0.333. The molecule has 0 heterocycles. The number of carbonyl (C=O) groups is 2. The first-order chi connectivity index (χ1) is 13.3. The number of rotatable bonds is 9. The molecule has 0 saturated heterocycles. The summed E-state index contributed by atoms with van der Waals surface area (Å²) in [7, 11) is 1.45. The lowest BCUT2D eigenvalue weighted by Crippen LogP contribution is -2.31. The van der Waals surface area contributed by atoms with Crippen LogP contribution in [0, 0.1) is 0 Å². The number of primary amides is 1. The van der Waals surface area contributed by atoms with Gasteiger partial charge in [0.2, 0.25) is 0 Å². The van der Waals surface area contributed by atoms with Gasteiger partial charge < -0.3 is 26.3 Å². The number of ether oxygens (including phenoxy) is 2. The molecule has 0 aliphatic rings. The average Bonchev–Trinajstić information content (AvgIpc) is 2.69. The van der Waals surface area contributed by atoms with E-state index in [0.29, 0.717) is 29.5 Å². The summed E-state index contributed by atoms with van der Waals surface area (Å²) in [5.74, 6) is 0.241. The molecule has 29 heavy (non-hydrogen) atoms. The maximum atomic E-state index is 12.4. The van der Waals surface area contributed by atoms with Crippen molar-refractivity contribution in [2.24, 2.45) is 11.5 Å². The lowest BCUT2D eigenvalue weighted by Gasteiger charge is -2.15. The van der Waals surface area contributed by atoms with Gasteiger partial charge in [-0.3, -0.25) is 9.59 Å². The van der Waals surface area contributed by atoms with Crippen LogP contribution in [0.25, 0.3) is 0 Å². The van der Waals surface area contributed by atoms with E-state index in [2.05, 4.69) is 31.3 Å². The molecule has 1 atom stereocenters. The topological polar surface area (TPSA) is 117 Å². The van der Waals surface area contributed by atoms with Crippen molar-refractivity contribution in [2.45, 2.75) is 25.8 Å².